The summed E-state index contributed by atoms with van der Waals surface area (Å²) in [5.74, 6) is -3.92. The lowest BCUT2D eigenvalue weighted by atomic mass is 10.1. The van der Waals surface area contributed by atoms with Gasteiger partial charge in [0.25, 0.3) is 0 Å². The second-order valence-electron chi connectivity index (χ2n) is 5.31. The van der Waals surface area contributed by atoms with Crippen molar-refractivity contribution in [1.29, 1.82) is 0 Å². The molecule has 6 heteroatoms. The first kappa shape index (κ1) is 17.6. The van der Waals surface area contributed by atoms with Crippen molar-refractivity contribution in [1.82, 2.24) is 0 Å². The van der Waals surface area contributed by atoms with E-state index in [1.165, 1.54) is 24.3 Å². The van der Waals surface area contributed by atoms with Crippen LogP contribution in [0.15, 0.2) is 24.3 Å². The van der Waals surface area contributed by atoms with Crippen molar-refractivity contribution >= 4 is 23.9 Å². The summed E-state index contributed by atoms with van der Waals surface area (Å²) in [6.45, 7) is 6.39. The fraction of sp³-hybridized carbons (Fsp3) is 0.375. The number of carbonyl (C=O) groups excluding carboxylic acids is 4. The van der Waals surface area contributed by atoms with Crippen molar-refractivity contribution in [2.24, 2.45) is 11.8 Å². The normalized spacial score (nSPS) is 10.5. The molecule has 0 aliphatic rings. The van der Waals surface area contributed by atoms with Crippen LogP contribution in [0.25, 0.3) is 0 Å². The fourth-order valence-electron chi connectivity index (χ4n) is 1.31. The summed E-state index contributed by atoms with van der Waals surface area (Å²) in [7, 11) is 0. The van der Waals surface area contributed by atoms with Crippen LogP contribution in [0.4, 0.5) is 0 Å². The van der Waals surface area contributed by atoms with E-state index in [9.17, 15) is 19.2 Å². The molecule has 0 aliphatic heterocycles. The number of carbonyl (C=O) groups is 4. The van der Waals surface area contributed by atoms with Crippen LogP contribution in [-0.2, 0) is 19.1 Å². The second-order valence-corrected chi connectivity index (χ2v) is 5.31. The van der Waals surface area contributed by atoms with Crippen molar-refractivity contribution < 1.29 is 28.7 Å². The maximum atomic E-state index is 11.8. The zero-order chi connectivity index (χ0) is 16.9. The van der Waals surface area contributed by atoms with Crippen LogP contribution in [0.5, 0.6) is 0 Å². The molecule has 0 heterocycles. The third kappa shape index (κ3) is 4.80. The van der Waals surface area contributed by atoms with Crippen LogP contribution >= 0.6 is 0 Å². The van der Waals surface area contributed by atoms with E-state index in [0.717, 1.165) is 0 Å². The van der Waals surface area contributed by atoms with Gasteiger partial charge in [-0.15, -0.1) is 0 Å². The molecule has 0 radical (unpaired) electrons. The van der Waals surface area contributed by atoms with E-state index in [2.05, 4.69) is 9.47 Å². The van der Waals surface area contributed by atoms with Crippen molar-refractivity contribution in [3.63, 3.8) is 0 Å². The molecule has 0 spiro atoms. The van der Waals surface area contributed by atoms with Crippen molar-refractivity contribution in [2.75, 3.05) is 0 Å². The topological polar surface area (TPSA) is 86.7 Å². The first-order valence-electron chi connectivity index (χ1n) is 6.84. The number of rotatable bonds is 4. The van der Waals surface area contributed by atoms with Crippen LogP contribution in [-0.4, -0.2) is 23.9 Å². The van der Waals surface area contributed by atoms with Gasteiger partial charge in [0, 0.05) is 0 Å². The Morgan fingerprint density at radius 1 is 0.773 bits per heavy atom. The quantitative estimate of drug-likeness (QED) is 0.627. The van der Waals surface area contributed by atoms with Crippen LogP contribution in [0.1, 0.15) is 48.4 Å². The van der Waals surface area contributed by atoms with Gasteiger partial charge < -0.3 is 9.47 Å². The number of hydrogen-bond donors (Lipinski definition) is 0. The smallest absolute Gasteiger partial charge is 0.345 e. The van der Waals surface area contributed by atoms with E-state index >= 15 is 0 Å². The van der Waals surface area contributed by atoms with E-state index in [4.69, 9.17) is 0 Å². The van der Waals surface area contributed by atoms with Crippen molar-refractivity contribution in [3.05, 3.63) is 35.4 Å². The fourth-order valence-corrected chi connectivity index (χ4v) is 1.31. The predicted molar refractivity (Wildman–Crippen MR) is 77.0 cm³/mol. The summed E-state index contributed by atoms with van der Waals surface area (Å²) in [6.07, 6.45) is 0. The second kappa shape index (κ2) is 7.49. The third-order valence-electron chi connectivity index (χ3n) is 2.66. The van der Waals surface area contributed by atoms with E-state index in [-0.39, 0.29) is 11.1 Å². The van der Waals surface area contributed by atoms with E-state index < -0.39 is 35.7 Å². The third-order valence-corrected chi connectivity index (χ3v) is 2.66. The minimum absolute atomic E-state index is 0.0282. The molecule has 0 aromatic heterocycles. The summed E-state index contributed by atoms with van der Waals surface area (Å²) in [5, 5.41) is 0. The molecular formula is C16H18O6. The molecule has 0 saturated heterocycles. The largest absolute Gasteiger partial charge is 0.389 e. The maximum Gasteiger partial charge on any atom is 0.345 e. The van der Waals surface area contributed by atoms with Gasteiger partial charge in [0.1, 0.15) is 0 Å². The van der Waals surface area contributed by atoms with Gasteiger partial charge in [0.05, 0.1) is 23.0 Å². The zero-order valence-corrected chi connectivity index (χ0v) is 12.9. The van der Waals surface area contributed by atoms with Gasteiger partial charge in [-0.1, -0.05) is 33.8 Å². The standard InChI is InChI=1S/C16H18O6/c1-9(2)13(17)21-15(19)11-6-5-7-12(8-11)16(20)22-14(18)10(3)4/h5-10H,1-4H3. The minimum Gasteiger partial charge on any atom is -0.389 e. The monoisotopic (exact) mass is 306 g/mol. The van der Waals surface area contributed by atoms with Crippen LogP contribution in [0.2, 0.25) is 0 Å². The highest BCUT2D eigenvalue weighted by molar-refractivity contribution is 6.01. The van der Waals surface area contributed by atoms with E-state index in [1.807, 2.05) is 0 Å². The van der Waals surface area contributed by atoms with E-state index in [1.54, 1.807) is 27.7 Å². The molecule has 1 aromatic carbocycles. The molecule has 1 aromatic rings. The predicted octanol–water partition coefficient (Wildman–Crippen LogP) is 2.37. The highest BCUT2D eigenvalue weighted by Crippen LogP contribution is 2.11. The Morgan fingerprint density at radius 3 is 1.45 bits per heavy atom. The Balaban J connectivity index is 2.86. The van der Waals surface area contributed by atoms with Gasteiger partial charge in [-0.3, -0.25) is 9.59 Å². The Labute approximate surface area is 128 Å². The van der Waals surface area contributed by atoms with Crippen molar-refractivity contribution in [3.8, 4) is 0 Å². The van der Waals surface area contributed by atoms with Gasteiger partial charge in [-0.2, -0.15) is 0 Å². The highest BCUT2D eigenvalue weighted by Gasteiger charge is 2.19. The summed E-state index contributed by atoms with van der Waals surface area (Å²) in [4.78, 5) is 46.4. The Kier molecular flexibility index (Phi) is 5.98. The summed E-state index contributed by atoms with van der Waals surface area (Å²) < 4.78 is 9.31. The number of esters is 4. The Morgan fingerprint density at radius 2 is 1.14 bits per heavy atom. The zero-order valence-electron chi connectivity index (χ0n) is 12.9. The van der Waals surface area contributed by atoms with Gasteiger partial charge in [0.2, 0.25) is 0 Å². The SMILES string of the molecule is CC(C)C(=O)OC(=O)c1cccc(C(=O)OC(=O)C(C)C)c1. The molecule has 0 aliphatic carbocycles. The molecule has 0 N–H and O–H groups in total. The lowest BCUT2D eigenvalue weighted by molar-refractivity contribution is -0.142. The highest BCUT2D eigenvalue weighted by atomic mass is 16.6. The molecule has 22 heavy (non-hydrogen) atoms. The molecule has 0 fully saturated rings. The lowest BCUT2D eigenvalue weighted by Gasteiger charge is -2.07. The molecule has 0 atom stereocenters. The molecule has 0 bridgehead atoms. The summed E-state index contributed by atoms with van der Waals surface area (Å²) in [6, 6.07) is 5.45. The number of hydrogen-bond acceptors (Lipinski definition) is 6. The first-order chi connectivity index (χ1) is 10.2. The Bertz CT molecular complexity index is 551. The maximum absolute atomic E-state index is 11.8. The lowest BCUT2D eigenvalue weighted by Crippen LogP contribution is -2.19. The van der Waals surface area contributed by atoms with Gasteiger partial charge in [0.15, 0.2) is 0 Å². The molecular weight excluding hydrogens is 288 g/mol. The molecule has 0 saturated carbocycles. The average Bonchev–Trinajstić information content (AvgIpc) is 2.46. The number of ether oxygens (including phenoxy) is 2. The Hall–Kier alpha value is -2.50. The van der Waals surface area contributed by atoms with E-state index in [0.29, 0.717) is 0 Å². The average molecular weight is 306 g/mol. The van der Waals surface area contributed by atoms with Crippen LogP contribution in [0.3, 0.4) is 0 Å². The van der Waals surface area contributed by atoms with Gasteiger partial charge in [-0.25, -0.2) is 9.59 Å². The molecule has 0 unspecified atom stereocenters. The van der Waals surface area contributed by atoms with Crippen LogP contribution in [0, 0.1) is 11.8 Å². The minimum atomic E-state index is -0.858. The first-order valence-corrected chi connectivity index (χ1v) is 6.84. The molecule has 6 nitrogen and oxygen atoms in total. The van der Waals surface area contributed by atoms with Crippen LogP contribution < -0.4 is 0 Å². The van der Waals surface area contributed by atoms with Crippen molar-refractivity contribution in [2.45, 2.75) is 27.7 Å². The number of benzene rings is 1. The summed E-state index contributed by atoms with van der Waals surface area (Å²) >= 11 is 0. The molecule has 0 amide bonds. The van der Waals surface area contributed by atoms with Gasteiger partial charge in [-0.05, 0) is 18.2 Å². The molecule has 118 valence electrons. The summed E-state index contributed by atoms with van der Waals surface area (Å²) in [5.41, 5.74) is 0.0564. The van der Waals surface area contributed by atoms with Gasteiger partial charge >= 0.3 is 23.9 Å². The molecule has 1 rings (SSSR count).